The summed E-state index contributed by atoms with van der Waals surface area (Å²) in [5.41, 5.74) is 2.57. The lowest BCUT2D eigenvalue weighted by molar-refractivity contribution is 0.160. The van der Waals surface area contributed by atoms with E-state index in [1.54, 1.807) is 6.07 Å². The van der Waals surface area contributed by atoms with Crippen LogP contribution in [0.15, 0.2) is 53.4 Å². The molecule has 1 aliphatic heterocycles. The maximum Gasteiger partial charge on any atom is 0.229 e. The molecule has 0 aliphatic carbocycles. The lowest BCUT2D eigenvalue weighted by Crippen LogP contribution is -2.46. The van der Waals surface area contributed by atoms with E-state index in [9.17, 15) is 13.5 Å². The molecule has 0 saturated carbocycles. The standard InChI is InChI=1S/C23H33N3O3S2/c1-30-23-12-11-19(18-21(23)24-31(2,28)29)22(27)10-6-7-13-25-14-16-26(17-15-25)20-8-4-3-5-9-20/h3-5,8-9,11-12,18,22,24,27H,6-7,10,13-17H2,1-2H3. The molecular formula is C23H33N3O3S2. The number of hydrogen-bond donors (Lipinski definition) is 2. The molecule has 2 aromatic carbocycles. The molecule has 0 radical (unpaired) electrons. The number of benzene rings is 2. The topological polar surface area (TPSA) is 72.9 Å². The van der Waals surface area contributed by atoms with Gasteiger partial charge in [0, 0.05) is 36.8 Å². The molecule has 170 valence electrons. The van der Waals surface area contributed by atoms with E-state index in [-0.39, 0.29) is 0 Å². The Kier molecular flexibility index (Phi) is 8.66. The summed E-state index contributed by atoms with van der Waals surface area (Å²) in [7, 11) is -3.36. The summed E-state index contributed by atoms with van der Waals surface area (Å²) in [5, 5.41) is 10.6. The van der Waals surface area contributed by atoms with Crippen molar-refractivity contribution in [2.24, 2.45) is 0 Å². The van der Waals surface area contributed by atoms with Crippen LogP contribution < -0.4 is 9.62 Å². The maximum atomic E-state index is 11.6. The van der Waals surface area contributed by atoms with Crippen LogP contribution in [0.1, 0.15) is 30.9 Å². The van der Waals surface area contributed by atoms with E-state index < -0.39 is 16.1 Å². The van der Waals surface area contributed by atoms with E-state index in [1.807, 2.05) is 24.5 Å². The van der Waals surface area contributed by atoms with E-state index in [0.717, 1.165) is 62.3 Å². The zero-order chi connectivity index (χ0) is 22.3. The lowest BCUT2D eigenvalue weighted by atomic mass is 10.0. The number of thioether (sulfide) groups is 1. The summed E-state index contributed by atoms with van der Waals surface area (Å²) >= 11 is 1.47. The van der Waals surface area contributed by atoms with Gasteiger partial charge in [-0.05, 0) is 61.9 Å². The van der Waals surface area contributed by atoms with Gasteiger partial charge < -0.3 is 10.0 Å². The van der Waals surface area contributed by atoms with Gasteiger partial charge in [0.05, 0.1) is 18.0 Å². The van der Waals surface area contributed by atoms with E-state index in [2.05, 4.69) is 38.8 Å². The largest absolute Gasteiger partial charge is 0.388 e. The van der Waals surface area contributed by atoms with Gasteiger partial charge in [-0.25, -0.2) is 8.42 Å². The Labute approximate surface area is 190 Å². The van der Waals surface area contributed by atoms with E-state index in [4.69, 9.17) is 0 Å². The first-order valence-corrected chi connectivity index (χ1v) is 13.8. The molecule has 1 saturated heterocycles. The number of para-hydroxylation sites is 1. The highest BCUT2D eigenvalue weighted by Gasteiger charge is 2.17. The molecule has 31 heavy (non-hydrogen) atoms. The van der Waals surface area contributed by atoms with Crippen molar-refractivity contribution in [3.63, 3.8) is 0 Å². The summed E-state index contributed by atoms with van der Waals surface area (Å²) in [6, 6.07) is 16.0. The predicted octanol–water partition coefficient (Wildman–Crippen LogP) is 3.81. The number of aliphatic hydroxyl groups excluding tert-OH is 1. The van der Waals surface area contributed by atoms with Gasteiger partial charge in [0.1, 0.15) is 0 Å². The third-order valence-corrected chi connectivity index (χ3v) is 6.99. The van der Waals surface area contributed by atoms with Crippen LogP contribution in [0.3, 0.4) is 0 Å². The first-order chi connectivity index (χ1) is 14.9. The number of sulfonamides is 1. The SMILES string of the molecule is CSc1ccc(C(O)CCCCN2CCN(c3ccccc3)CC2)cc1NS(C)(=O)=O. The van der Waals surface area contributed by atoms with Crippen LogP contribution in [0.5, 0.6) is 0 Å². The van der Waals surface area contributed by atoms with Crippen LogP contribution in [-0.2, 0) is 10.0 Å². The van der Waals surface area contributed by atoms with Crippen LogP contribution in [-0.4, -0.2) is 63.7 Å². The van der Waals surface area contributed by atoms with Crippen LogP contribution in [0.25, 0.3) is 0 Å². The van der Waals surface area contributed by atoms with Crippen molar-refractivity contribution < 1.29 is 13.5 Å². The van der Waals surface area contributed by atoms with Gasteiger partial charge in [-0.3, -0.25) is 9.62 Å². The average molecular weight is 464 g/mol. The number of hydrogen-bond acceptors (Lipinski definition) is 6. The molecule has 8 heteroatoms. The fourth-order valence-corrected chi connectivity index (χ4v) is 5.09. The number of rotatable bonds is 10. The van der Waals surface area contributed by atoms with Gasteiger partial charge in [-0.1, -0.05) is 24.3 Å². The zero-order valence-corrected chi connectivity index (χ0v) is 20.0. The van der Waals surface area contributed by atoms with Crippen LogP contribution >= 0.6 is 11.8 Å². The minimum atomic E-state index is -3.36. The predicted molar refractivity (Wildman–Crippen MR) is 131 cm³/mol. The third-order valence-electron chi connectivity index (χ3n) is 5.60. The monoisotopic (exact) mass is 463 g/mol. The summed E-state index contributed by atoms with van der Waals surface area (Å²) in [5.74, 6) is 0. The maximum absolute atomic E-state index is 11.6. The molecule has 6 nitrogen and oxygen atoms in total. The molecule has 0 spiro atoms. The quantitative estimate of drug-likeness (QED) is 0.412. The van der Waals surface area contributed by atoms with Crippen LogP contribution in [0, 0.1) is 0 Å². The first kappa shape index (κ1) is 23.9. The molecule has 2 N–H and O–H groups in total. The second kappa shape index (κ2) is 11.2. The van der Waals surface area contributed by atoms with E-state index >= 15 is 0 Å². The fourth-order valence-electron chi connectivity index (χ4n) is 3.92. The van der Waals surface area contributed by atoms with Gasteiger partial charge in [-0.15, -0.1) is 11.8 Å². The molecule has 1 unspecified atom stereocenters. The van der Waals surface area contributed by atoms with Gasteiger partial charge >= 0.3 is 0 Å². The normalized spacial score (nSPS) is 16.3. The molecule has 0 amide bonds. The first-order valence-electron chi connectivity index (χ1n) is 10.7. The molecule has 3 rings (SSSR count). The molecular weight excluding hydrogens is 430 g/mol. The molecule has 1 fully saturated rings. The number of nitrogens with one attached hydrogen (secondary N) is 1. The van der Waals surface area contributed by atoms with E-state index in [0.29, 0.717) is 12.1 Å². The highest BCUT2D eigenvalue weighted by Crippen LogP contribution is 2.30. The Bertz CT molecular complexity index is 930. The van der Waals surface area contributed by atoms with Gasteiger partial charge in [0.25, 0.3) is 0 Å². The Morgan fingerprint density at radius 2 is 1.77 bits per heavy atom. The Balaban J connectivity index is 1.42. The molecule has 2 aromatic rings. The minimum Gasteiger partial charge on any atom is -0.388 e. The summed E-state index contributed by atoms with van der Waals surface area (Å²) in [6.45, 7) is 5.26. The van der Waals surface area contributed by atoms with Crippen molar-refractivity contribution in [3.05, 3.63) is 54.1 Å². The molecule has 1 atom stereocenters. The van der Waals surface area contributed by atoms with Crippen molar-refractivity contribution in [2.45, 2.75) is 30.3 Å². The van der Waals surface area contributed by atoms with Crippen LogP contribution in [0.2, 0.25) is 0 Å². The molecule has 0 bridgehead atoms. The number of anilines is 2. The second-order valence-electron chi connectivity index (χ2n) is 8.01. The molecule has 0 aromatic heterocycles. The fraction of sp³-hybridized carbons (Fsp3) is 0.478. The lowest BCUT2D eigenvalue weighted by Gasteiger charge is -2.36. The van der Waals surface area contributed by atoms with Gasteiger partial charge in [0.2, 0.25) is 10.0 Å². The highest BCUT2D eigenvalue weighted by atomic mass is 32.2. The van der Waals surface area contributed by atoms with Crippen molar-refractivity contribution in [1.29, 1.82) is 0 Å². The smallest absolute Gasteiger partial charge is 0.229 e. The van der Waals surface area contributed by atoms with Crippen molar-refractivity contribution >= 4 is 33.2 Å². The molecule has 1 heterocycles. The van der Waals surface area contributed by atoms with E-state index in [1.165, 1.54) is 17.4 Å². The van der Waals surface area contributed by atoms with Gasteiger partial charge in [0.15, 0.2) is 0 Å². The Morgan fingerprint density at radius 1 is 1.06 bits per heavy atom. The van der Waals surface area contributed by atoms with Gasteiger partial charge in [-0.2, -0.15) is 0 Å². The summed E-state index contributed by atoms with van der Waals surface area (Å²) in [4.78, 5) is 5.77. The Morgan fingerprint density at radius 3 is 2.42 bits per heavy atom. The Hall–Kier alpha value is -1.74. The highest BCUT2D eigenvalue weighted by molar-refractivity contribution is 7.99. The van der Waals surface area contributed by atoms with Crippen LogP contribution in [0.4, 0.5) is 11.4 Å². The summed E-state index contributed by atoms with van der Waals surface area (Å²) < 4.78 is 25.8. The number of unbranched alkanes of at least 4 members (excludes halogenated alkanes) is 1. The second-order valence-corrected chi connectivity index (χ2v) is 10.6. The summed E-state index contributed by atoms with van der Waals surface area (Å²) in [6.07, 6.45) is 5.09. The number of nitrogens with zero attached hydrogens (tertiary/aromatic N) is 2. The minimum absolute atomic E-state index is 0.530. The number of aliphatic hydroxyl groups is 1. The third kappa shape index (κ3) is 7.42. The number of piperazine rings is 1. The average Bonchev–Trinajstić information content (AvgIpc) is 2.76. The van der Waals surface area contributed by atoms with Crippen molar-refractivity contribution in [3.8, 4) is 0 Å². The zero-order valence-electron chi connectivity index (χ0n) is 18.3. The van der Waals surface area contributed by atoms with Crippen molar-refractivity contribution in [2.75, 3.05) is 54.9 Å². The molecule has 1 aliphatic rings. The van der Waals surface area contributed by atoms with Crippen molar-refractivity contribution in [1.82, 2.24) is 4.90 Å².